The van der Waals surface area contributed by atoms with Crippen LogP contribution in [-0.2, 0) is 23.8 Å². The maximum absolute atomic E-state index is 12.2. The number of hydrogen-bond acceptors (Lipinski definition) is 5. The molecular weight excluding hydrogens is 346 g/mol. The molecule has 0 spiro atoms. The number of carbonyl (C=O) groups is 2. The summed E-state index contributed by atoms with van der Waals surface area (Å²) in [4.78, 5) is 24.4. The normalized spacial score (nSPS) is 41.9. The van der Waals surface area contributed by atoms with E-state index in [1.807, 2.05) is 0 Å². The molecule has 2 aliphatic carbocycles. The van der Waals surface area contributed by atoms with Crippen LogP contribution in [0.3, 0.4) is 0 Å². The summed E-state index contributed by atoms with van der Waals surface area (Å²) in [5.41, 5.74) is 0.112. The molecule has 4 rings (SSSR count). The SMILES string of the molecule is CC12CCC(C(=O)NCCCCCOC(=O)C3CCC4(C)OC4C3)CC1O2. The van der Waals surface area contributed by atoms with Crippen LogP contribution in [0.15, 0.2) is 0 Å². The average Bonchev–Trinajstić information content (AvgIpc) is 3.51. The van der Waals surface area contributed by atoms with Gasteiger partial charge in [0.15, 0.2) is 0 Å². The van der Waals surface area contributed by atoms with Crippen LogP contribution < -0.4 is 5.32 Å². The van der Waals surface area contributed by atoms with E-state index in [2.05, 4.69) is 19.2 Å². The van der Waals surface area contributed by atoms with Gasteiger partial charge in [0.1, 0.15) is 0 Å². The van der Waals surface area contributed by atoms with Crippen molar-refractivity contribution in [3.8, 4) is 0 Å². The molecule has 2 heterocycles. The van der Waals surface area contributed by atoms with Crippen LogP contribution in [0, 0.1) is 11.8 Å². The highest BCUT2D eigenvalue weighted by molar-refractivity contribution is 5.78. The molecule has 6 unspecified atom stereocenters. The summed E-state index contributed by atoms with van der Waals surface area (Å²) in [6.45, 7) is 5.45. The second-order valence-electron chi connectivity index (χ2n) is 9.30. The number of fused-ring (bicyclic) bond motifs is 2. The Hall–Kier alpha value is -1.14. The summed E-state index contributed by atoms with van der Waals surface area (Å²) in [7, 11) is 0. The molecule has 27 heavy (non-hydrogen) atoms. The van der Waals surface area contributed by atoms with Gasteiger partial charge < -0.3 is 19.5 Å². The molecule has 4 fully saturated rings. The molecule has 6 atom stereocenters. The van der Waals surface area contributed by atoms with Gasteiger partial charge in [-0.1, -0.05) is 0 Å². The molecule has 6 nitrogen and oxygen atoms in total. The smallest absolute Gasteiger partial charge is 0.309 e. The van der Waals surface area contributed by atoms with Gasteiger partial charge in [-0.15, -0.1) is 0 Å². The van der Waals surface area contributed by atoms with Gasteiger partial charge in [0.05, 0.1) is 35.9 Å². The molecule has 2 aliphatic heterocycles. The van der Waals surface area contributed by atoms with E-state index in [0.29, 0.717) is 19.3 Å². The standard InChI is InChI=1S/C21H33NO5/c1-20-8-6-14(12-16(20)26-20)18(23)22-10-4-3-5-11-25-19(24)15-7-9-21(2)17(13-15)27-21/h14-17H,3-13H2,1-2H3,(H,22,23). The van der Waals surface area contributed by atoms with Crippen molar-refractivity contribution >= 4 is 11.9 Å². The van der Waals surface area contributed by atoms with Crippen LogP contribution in [0.1, 0.15) is 71.6 Å². The molecule has 0 bridgehead atoms. The van der Waals surface area contributed by atoms with E-state index >= 15 is 0 Å². The molecule has 4 aliphatic rings. The maximum Gasteiger partial charge on any atom is 0.309 e. The Morgan fingerprint density at radius 3 is 2.26 bits per heavy atom. The zero-order valence-corrected chi connectivity index (χ0v) is 16.6. The second kappa shape index (κ2) is 7.36. The minimum atomic E-state index is -0.0625. The van der Waals surface area contributed by atoms with Crippen molar-refractivity contribution in [1.29, 1.82) is 0 Å². The largest absolute Gasteiger partial charge is 0.465 e. The van der Waals surface area contributed by atoms with E-state index in [1.165, 1.54) is 0 Å². The lowest BCUT2D eigenvalue weighted by Gasteiger charge is -2.21. The predicted octanol–water partition coefficient (Wildman–Crippen LogP) is 2.73. The van der Waals surface area contributed by atoms with Crippen molar-refractivity contribution < 1.29 is 23.8 Å². The topological polar surface area (TPSA) is 80.5 Å². The van der Waals surface area contributed by atoms with Crippen LogP contribution in [0.2, 0.25) is 0 Å². The van der Waals surface area contributed by atoms with E-state index < -0.39 is 0 Å². The van der Waals surface area contributed by atoms with Gasteiger partial charge in [-0.3, -0.25) is 9.59 Å². The number of epoxide rings is 2. The van der Waals surface area contributed by atoms with Crippen LogP contribution in [-0.4, -0.2) is 48.4 Å². The molecule has 0 aromatic carbocycles. The third-order valence-corrected chi connectivity index (χ3v) is 7.12. The molecule has 0 aromatic heterocycles. The summed E-state index contributed by atoms with van der Waals surface area (Å²) in [6, 6.07) is 0. The lowest BCUT2D eigenvalue weighted by atomic mass is 9.82. The first-order valence-electron chi connectivity index (χ1n) is 10.7. The third-order valence-electron chi connectivity index (χ3n) is 7.12. The molecule has 0 aromatic rings. The monoisotopic (exact) mass is 379 g/mol. The van der Waals surface area contributed by atoms with Crippen molar-refractivity contribution in [1.82, 2.24) is 5.32 Å². The average molecular weight is 379 g/mol. The number of unbranched alkanes of at least 4 members (excludes halogenated alkanes) is 2. The van der Waals surface area contributed by atoms with Crippen molar-refractivity contribution in [2.24, 2.45) is 11.8 Å². The summed E-state index contributed by atoms with van der Waals surface area (Å²) in [5.74, 6) is 0.231. The van der Waals surface area contributed by atoms with E-state index in [9.17, 15) is 9.59 Å². The second-order valence-corrected chi connectivity index (χ2v) is 9.30. The number of esters is 1. The fraction of sp³-hybridized carbons (Fsp3) is 0.905. The Bertz CT molecular complexity index is 545. The summed E-state index contributed by atoms with van der Waals surface area (Å²) < 4.78 is 16.7. The third kappa shape index (κ3) is 4.32. The number of amides is 1. The first-order chi connectivity index (χ1) is 12.9. The van der Waals surface area contributed by atoms with Crippen molar-refractivity contribution in [3.05, 3.63) is 0 Å². The fourth-order valence-corrected chi connectivity index (χ4v) is 4.79. The number of nitrogens with one attached hydrogen (secondary N) is 1. The van der Waals surface area contributed by atoms with E-state index in [1.54, 1.807) is 0 Å². The number of rotatable bonds is 8. The molecule has 0 radical (unpaired) electrons. The molecular formula is C21H33NO5. The molecule has 152 valence electrons. The predicted molar refractivity (Wildman–Crippen MR) is 99.1 cm³/mol. The van der Waals surface area contributed by atoms with Gasteiger partial charge in [-0.25, -0.2) is 0 Å². The van der Waals surface area contributed by atoms with Crippen LogP contribution in [0.4, 0.5) is 0 Å². The maximum atomic E-state index is 12.2. The highest BCUT2D eigenvalue weighted by Gasteiger charge is 2.57. The number of ether oxygens (including phenoxy) is 3. The minimum absolute atomic E-state index is 0.0117. The van der Waals surface area contributed by atoms with Gasteiger partial charge in [0, 0.05) is 12.5 Å². The summed E-state index contributed by atoms with van der Waals surface area (Å²) in [5, 5.41) is 3.05. The summed E-state index contributed by atoms with van der Waals surface area (Å²) >= 11 is 0. The van der Waals surface area contributed by atoms with Gasteiger partial charge in [-0.05, 0) is 71.6 Å². The van der Waals surface area contributed by atoms with Crippen LogP contribution in [0.25, 0.3) is 0 Å². The quantitative estimate of drug-likeness (QED) is 0.398. The first-order valence-corrected chi connectivity index (χ1v) is 10.7. The summed E-state index contributed by atoms with van der Waals surface area (Å²) in [6.07, 6.45) is 8.73. The van der Waals surface area contributed by atoms with Crippen molar-refractivity contribution in [3.63, 3.8) is 0 Å². The zero-order valence-electron chi connectivity index (χ0n) is 16.6. The molecule has 1 N–H and O–H groups in total. The highest BCUT2D eigenvalue weighted by atomic mass is 16.6. The van der Waals surface area contributed by atoms with Crippen molar-refractivity contribution in [2.45, 2.75) is 95.0 Å². The fourth-order valence-electron chi connectivity index (χ4n) is 4.79. The molecule has 2 saturated heterocycles. The van der Waals surface area contributed by atoms with E-state index in [4.69, 9.17) is 14.2 Å². The Morgan fingerprint density at radius 2 is 1.59 bits per heavy atom. The Kier molecular flexibility index (Phi) is 5.23. The van der Waals surface area contributed by atoms with Gasteiger partial charge in [0.2, 0.25) is 5.91 Å². The highest BCUT2D eigenvalue weighted by Crippen LogP contribution is 2.50. The Balaban J connectivity index is 1.01. The first kappa shape index (κ1) is 19.2. The number of hydrogen-bond donors (Lipinski definition) is 1. The Labute approximate surface area is 161 Å². The van der Waals surface area contributed by atoms with Crippen LogP contribution in [0.5, 0.6) is 0 Å². The lowest BCUT2D eigenvalue weighted by Crippen LogP contribution is -2.35. The van der Waals surface area contributed by atoms with Gasteiger partial charge >= 0.3 is 5.97 Å². The van der Waals surface area contributed by atoms with E-state index in [0.717, 1.165) is 57.8 Å². The van der Waals surface area contributed by atoms with Crippen LogP contribution >= 0.6 is 0 Å². The minimum Gasteiger partial charge on any atom is -0.465 e. The number of carbonyl (C=O) groups excluding carboxylic acids is 2. The van der Waals surface area contributed by atoms with Crippen molar-refractivity contribution in [2.75, 3.05) is 13.2 Å². The molecule has 2 saturated carbocycles. The zero-order chi connectivity index (χ0) is 19.1. The molecule has 6 heteroatoms. The Morgan fingerprint density at radius 1 is 0.963 bits per heavy atom. The van der Waals surface area contributed by atoms with E-state index in [-0.39, 0.29) is 41.0 Å². The molecule has 1 amide bonds. The van der Waals surface area contributed by atoms with Gasteiger partial charge in [-0.2, -0.15) is 0 Å². The van der Waals surface area contributed by atoms with Gasteiger partial charge in [0.25, 0.3) is 0 Å². The lowest BCUT2D eigenvalue weighted by molar-refractivity contribution is -0.149.